The lowest BCUT2D eigenvalue weighted by Crippen LogP contribution is -2.26. The number of hydrazone groups is 1. The fourth-order valence-electron chi connectivity index (χ4n) is 5.60. The van der Waals surface area contributed by atoms with Crippen molar-refractivity contribution in [3.05, 3.63) is 122 Å². The molecular formula is C33H24N6O5. The number of fused-ring (bicyclic) bond motifs is 2. The molecule has 3 N–H and O–H groups in total. The van der Waals surface area contributed by atoms with Gasteiger partial charge in [-0.05, 0) is 42.5 Å². The summed E-state index contributed by atoms with van der Waals surface area (Å²) in [6.45, 7) is 0. The van der Waals surface area contributed by atoms with Crippen LogP contribution in [0.4, 0.5) is 0 Å². The molecule has 0 saturated heterocycles. The van der Waals surface area contributed by atoms with Crippen molar-refractivity contribution >= 4 is 39.5 Å². The van der Waals surface area contributed by atoms with Crippen LogP contribution in [-0.4, -0.2) is 40.7 Å². The quantitative estimate of drug-likeness (QED) is 0.270. The van der Waals surface area contributed by atoms with Gasteiger partial charge in [0.15, 0.2) is 0 Å². The zero-order valence-electron chi connectivity index (χ0n) is 23.5. The van der Waals surface area contributed by atoms with Crippen LogP contribution in [-0.2, 0) is 18.9 Å². The number of carbonyl (C=O) groups excluding carboxylic acids is 1. The SMILES string of the molecule is Cn1c(=O)c(C2=NNC(=O)/C2=C/c2cn(-c3ccccc3)nc2-c2c(O)c3ccccc3n(C)c2=O)c(O)c2ccccc21. The van der Waals surface area contributed by atoms with E-state index in [9.17, 15) is 24.6 Å². The number of aromatic nitrogens is 4. The van der Waals surface area contributed by atoms with Gasteiger partial charge in [-0.3, -0.25) is 14.4 Å². The molecule has 1 aliphatic rings. The molecule has 1 aliphatic heterocycles. The number of nitrogens with zero attached hydrogens (tertiary/aromatic N) is 5. The maximum atomic E-state index is 13.7. The molecule has 7 rings (SSSR count). The fourth-order valence-corrected chi connectivity index (χ4v) is 5.60. The lowest BCUT2D eigenvalue weighted by molar-refractivity contribution is -0.116. The molecule has 0 saturated carbocycles. The van der Waals surface area contributed by atoms with Crippen LogP contribution in [0.15, 0.2) is 105 Å². The second kappa shape index (κ2) is 9.95. The van der Waals surface area contributed by atoms with Crippen LogP contribution >= 0.6 is 0 Å². The minimum Gasteiger partial charge on any atom is -0.506 e. The van der Waals surface area contributed by atoms with Crippen molar-refractivity contribution < 1.29 is 15.0 Å². The van der Waals surface area contributed by atoms with Gasteiger partial charge in [-0.2, -0.15) is 10.2 Å². The highest BCUT2D eigenvalue weighted by Crippen LogP contribution is 2.36. The van der Waals surface area contributed by atoms with Gasteiger partial charge in [0.25, 0.3) is 17.0 Å². The summed E-state index contributed by atoms with van der Waals surface area (Å²) >= 11 is 0. The van der Waals surface area contributed by atoms with Crippen molar-refractivity contribution in [1.29, 1.82) is 0 Å². The van der Waals surface area contributed by atoms with Gasteiger partial charge in [0, 0.05) is 36.6 Å². The Morgan fingerprint density at radius 2 is 1.27 bits per heavy atom. The number of aryl methyl sites for hydroxylation is 2. The lowest BCUT2D eigenvalue weighted by Gasteiger charge is -2.12. The number of amides is 1. The van der Waals surface area contributed by atoms with Gasteiger partial charge >= 0.3 is 0 Å². The van der Waals surface area contributed by atoms with E-state index in [4.69, 9.17) is 0 Å². The first kappa shape index (κ1) is 26.7. The number of hydrogen-bond acceptors (Lipinski definition) is 7. The summed E-state index contributed by atoms with van der Waals surface area (Å²) in [6, 6.07) is 23.0. The smallest absolute Gasteiger partial charge is 0.273 e. The average Bonchev–Trinajstić information content (AvgIpc) is 3.63. The maximum absolute atomic E-state index is 13.7. The minimum absolute atomic E-state index is 0.0290. The maximum Gasteiger partial charge on any atom is 0.273 e. The molecule has 0 atom stereocenters. The summed E-state index contributed by atoms with van der Waals surface area (Å²) in [7, 11) is 3.18. The third-order valence-electron chi connectivity index (χ3n) is 7.86. The number of nitrogens with one attached hydrogen (secondary N) is 1. The van der Waals surface area contributed by atoms with E-state index >= 15 is 0 Å². The summed E-state index contributed by atoms with van der Waals surface area (Å²) in [5.41, 5.74) is 3.16. The third kappa shape index (κ3) is 3.94. The largest absolute Gasteiger partial charge is 0.506 e. The van der Waals surface area contributed by atoms with Crippen molar-refractivity contribution in [2.75, 3.05) is 0 Å². The first-order valence-electron chi connectivity index (χ1n) is 13.6. The second-order valence-electron chi connectivity index (χ2n) is 10.4. The molecular weight excluding hydrogens is 560 g/mol. The predicted octanol–water partition coefficient (Wildman–Crippen LogP) is 3.57. The van der Waals surface area contributed by atoms with Gasteiger partial charge in [0.1, 0.15) is 34.0 Å². The molecule has 216 valence electrons. The summed E-state index contributed by atoms with van der Waals surface area (Å²) < 4.78 is 4.34. The lowest BCUT2D eigenvalue weighted by atomic mass is 9.97. The van der Waals surface area contributed by atoms with Crippen LogP contribution < -0.4 is 16.5 Å². The fraction of sp³-hybridized carbons (Fsp3) is 0.0606. The number of para-hydroxylation sites is 3. The first-order valence-corrected chi connectivity index (χ1v) is 13.6. The Labute approximate surface area is 248 Å². The van der Waals surface area contributed by atoms with E-state index in [1.807, 2.05) is 30.3 Å². The highest BCUT2D eigenvalue weighted by Gasteiger charge is 2.31. The number of rotatable bonds is 4. The van der Waals surface area contributed by atoms with E-state index in [0.717, 1.165) is 0 Å². The van der Waals surface area contributed by atoms with Crippen LogP contribution in [0, 0.1) is 0 Å². The van der Waals surface area contributed by atoms with E-state index in [0.29, 0.717) is 33.1 Å². The molecule has 0 radical (unpaired) electrons. The first-order chi connectivity index (χ1) is 21.3. The van der Waals surface area contributed by atoms with Crippen molar-refractivity contribution in [3.8, 4) is 28.4 Å². The molecule has 11 heteroatoms. The minimum atomic E-state index is -0.622. The molecule has 3 aromatic carbocycles. The molecule has 0 spiro atoms. The number of pyridine rings is 2. The van der Waals surface area contributed by atoms with E-state index in [1.165, 1.54) is 19.9 Å². The Kier molecular flexibility index (Phi) is 6.03. The Morgan fingerprint density at radius 1 is 0.727 bits per heavy atom. The van der Waals surface area contributed by atoms with Crippen LogP contribution in [0.5, 0.6) is 11.5 Å². The normalized spacial score (nSPS) is 14.0. The molecule has 0 aliphatic carbocycles. The Morgan fingerprint density at radius 3 is 1.91 bits per heavy atom. The van der Waals surface area contributed by atoms with Crippen LogP contribution in [0.1, 0.15) is 11.1 Å². The summed E-state index contributed by atoms with van der Waals surface area (Å²) in [5.74, 6) is -1.19. The molecule has 0 bridgehead atoms. The zero-order valence-corrected chi connectivity index (χ0v) is 23.5. The van der Waals surface area contributed by atoms with E-state index in [-0.39, 0.29) is 39.6 Å². The topological polar surface area (TPSA) is 144 Å². The third-order valence-corrected chi connectivity index (χ3v) is 7.86. The zero-order chi connectivity index (χ0) is 30.7. The van der Waals surface area contributed by atoms with E-state index in [1.54, 1.807) is 68.8 Å². The molecule has 6 aromatic rings. The highest BCUT2D eigenvalue weighted by atomic mass is 16.3. The van der Waals surface area contributed by atoms with Crippen molar-refractivity contribution in [3.63, 3.8) is 0 Å². The summed E-state index contributed by atoms with van der Waals surface area (Å²) in [6.07, 6.45) is 3.07. The Bertz CT molecular complexity index is 2360. The monoisotopic (exact) mass is 584 g/mol. The number of hydrogen-bond donors (Lipinski definition) is 3. The van der Waals surface area contributed by atoms with E-state index in [2.05, 4.69) is 15.6 Å². The molecule has 11 nitrogen and oxygen atoms in total. The average molecular weight is 585 g/mol. The second-order valence-corrected chi connectivity index (χ2v) is 10.4. The van der Waals surface area contributed by atoms with Crippen LogP contribution in [0.25, 0.3) is 44.8 Å². The van der Waals surface area contributed by atoms with E-state index < -0.39 is 17.0 Å². The van der Waals surface area contributed by atoms with Gasteiger partial charge < -0.3 is 19.3 Å². The summed E-state index contributed by atoms with van der Waals surface area (Å²) in [5, 5.41) is 32.3. The van der Waals surface area contributed by atoms with Crippen molar-refractivity contribution in [1.82, 2.24) is 24.3 Å². The van der Waals surface area contributed by atoms with Gasteiger partial charge in [-0.1, -0.05) is 42.5 Å². The number of aromatic hydroxyl groups is 2. The molecule has 4 heterocycles. The van der Waals surface area contributed by atoms with Gasteiger partial charge in [-0.15, -0.1) is 0 Å². The van der Waals surface area contributed by atoms with Gasteiger partial charge in [0.2, 0.25) is 0 Å². The van der Waals surface area contributed by atoms with Crippen molar-refractivity contribution in [2.24, 2.45) is 19.2 Å². The molecule has 1 amide bonds. The number of carbonyl (C=O) groups is 1. The predicted molar refractivity (Wildman–Crippen MR) is 167 cm³/mol. The number of benzene rings is 3. The Balaban J connectivity index is 1.49. The van der Waals surface area contributed by atoms with Crippen LogP contribution in [0.2, 0.25) is 0 Å². The van der Waals surface area contributed by atoms with Crippen LogP contribution in [0.3, 0.4) is 0 Å². The molecule has 44 heavy (non-hydrogen) atoms. The molecule has 0 unspecified atom stereocenters. The van der Waals surface area contributed by atoms with Gasteiger partial charge in [-0.25, -0.2) is 10.1 Å². The van der Waals surface area contributed by atoms with Gasteiger partial charge in [0.05, 0.1) is 22.3 Å². The summed E-state index contributed by atoms with van der Waals surface area (Å²) in [4.78, 5) is 40.4. The van der Waals surface area contributed by atoms with Crippen molar-refractivity contribution in [2.45, 2.75) is 0 Å². The standard InChI is InChI=1S/C33H24N6O5/c1-37-23-14-8-6-12-20(23)29(40)25(32(37)43)27-18(17-39(36-27)19-10-4-3-5-11-19)16-22-28(34-35-31(22)42)26-30(41)21-13-7-9-15-24(21)38(2)33(26)44/h3-17,40-41H,1-2H3,(H,35,42)/b22-16+. The highest BCUT2D eigenvalue weighted by molar-refractivity contribution is 6.34. The Hall–Kier alpha value is -6.23. The molecule has 3 aromatic heterocycles. The molecule has 0 fully saturated rings.